The molecule has 0 heterocycles. The third kappa shape index (κ3) is 4.42. The molecular formula is C22H21NO3. The quantitative estimate of drug-likeness (QED) is 0.680. The Morgan fingerprint density at radius 2 is 1.65 bits per heavy atom. The molecule has 0 aliphatic carbocycles. The number of hydrogen-bond acceptors (Lipinski definition) is 3. The van der Waals surface area contributed by atoms with Gasteiger partial charge in [0, 0.05) is 12.6 Å². The van der Waals surface area contributed by atoms with Gasteiger partial charge >= 0.3 is 0 Å². The molecule has 0 aromatic heterocycles. The van der Waals surface area contributed by atoms with Crippen LogP contribution >= 0.6 is 0 Å². The predicted octanol–water partition coefficient (Wildman–Crippen LogP) is 4.19. The lowest BCUT2D eigenvalue weighted by molar-refractivity contribution is -0.116. The molecule has 0 radical (unpaired) electrons. The van der Waals surface area contributed by atoms with Crippen LogP contribution in [0.2, 0.25) is 0 Å². The topological polar surface area (TPSA) is 47.6 Å². The fourth-order valence-corrected chi connectivity index (χ4v) is 2.68. The van der Waals surface area contributed by atoms with Crippen LogP contribution in [0.5, 0.6) is 11.5 Å². The van der Waals surface area contributed by atoms with Crippen molar-refractivity contribution < 1.29 is 14.3 Å². The number of rotatable bonds is 6. The standard InChI is InChI=1S/C22H21NO3/c1-25-20-5-3-4-17(13-20)15-23-22(24)11-7-16-6-8-19-14-21(26-2)10-9-18(19)12-16/h3-14H,15H2,1-2H3,(H,23,24)/b11-7+. The SMILES string of the molecule is COc1cccc(CNC(=O)/C=C/c2ccc3cc(OC)ccc3c2)c1. The molecule has 1 amide bonds. The molecule has 0 fully saturated rings. The molecule has 132 valence electrons. The summed E-state index contributed by atoms with van der Waals surface area (Å²) in [6.07, 6.45) is 3.36. The fourth-order valence-electron chi connectivity index (χ4n) is 2.68. The lowest BCUT2D eigenvalue weighted by atomic mass is 10.1. The Bertz CT molecular complexity index is 947. The molecule has 0 saturated heterocycles. The third-order valence-electron chi connectivity index (χ3n) is 4.10. The van der Waals surface area contributed by atoms with Crippen molar-refractivity contribution >= 4 is 22.8 Å². The van der Waals surface area contributed by atoms with Gasteiger partial charge in [-0.3, -0.25) is 4.79 Å². The lowest BCUT2D eigenvalue weighted by Gasteiger charge is -2.05. The molecule has 0 unspecified atom stereocenters. The van der Waals surface area contributed by atoms with Crippen LogP contribution in [-0.2, 0) is 11.3 Å². The Kier molecular flexibility index (Phi) is 5.54. The van der Waals surface area contributed by atoms with Crippen LogP contribution in [0.4, 0.5) is 0 Å². The van der Waals surface area contributed by atoms with Crippen molar-refractivity contribution in [2.24, 2.45) is 0 Å². The number of fused-ring (bicyclic) bond motifs is 1. The van der Waals surface area contributed by atoms with E-state index in [1.807, 2.05) is 66.7 Å². The lowest BCUT2D eigenvalue weighted by Crippen LogP contribution is -2.20. The highest BCUT2D eigenvalue weighted by atomic mass is 16.5. The average molecular weight is 347 g/mol. The first kappa shape index (κ1) is 17.5. The monoisotopic (exact) mass is 347 g/mol. The summed E-state index contributed by atoms with van der Waals surface area (Å²) in [4.78, 5) is 12.0. The van der Waals surface area contributed by atoms with Gasteiger partial charge in [-0.15, -0.1) is 0 Å². The zero-order valence-electron chi connectivity index (χ0n) is 14.9. The normalized spacial score (nSPS) is 10.8. The van der Waals surface area contributed by atoms with E-state index in [9.17, 15) is 4.79 Å². The molecule has 3 rings (SSSR count). The third-order valence-corrected chi connectivity index (χ3v) is 4.10. The van der Waals surface area contributed by atoms with Crippen LogP contribution in [0.3, 0.4) is 0 Å². The average Bonchev–Trinajstić information content (AvgIpc) is 2.70. The Labute approximate surface area is 153 Å². The van der Waals surface area contributed by atoms with Crippen LogP contribution in [0.1, 0.15) is 11.1 Å². The van der Waals surface area contributed by atoms with Crippen molar-refractivity contribution in [1.82, 2.24) is 5.32 Å². The molecule has 0 aliphatic rings. The number of hydrogen-bond donors (Lipinski definition) is 1. The minimum absolute atomic E-state index is 0.136. The minimum Gasteiger partial charge on any atom is -0.497 e. The van der Waals surface area contributed by atoms with E-state index in [-0.39, 0.29) is 5.91 Å². The van der Waals surface area contributed by atoms with Crippen LogP contribution in [0, 0.1) is 0 Å². The fraction of sp³-hybridized carbons (Fsp3) is 0.136. The van der Waals surface area contributed by atoms with E-state index in [0.29, 0.717) is 6.54 Å². The van der Waals surface area contributed by atoms with E-state index in [1.165, 1.54) is 0 Å². The Morgan fingerprint density at radius 1 is 0.923 bits per heavy atom. The Balaban J connectivity index is 1.63. The highest BCUT2D eigenvalue weighted by Crippen LogP contribution is 2.22. The van der Waals surface area contributed by atoms with Crippen LogP contribution in [0.25, 0.3) is 16.8 Å². The molecule has 0 aliphatic heterocycles. The molecule has 3 aromatic rings. The smallest absolute Gasteiger partial charge is 0.244 e. The summed E-state index contributed by atoms with van der Waals surface area (Å²) in [6, 6.07) is 19.6. The largest absolute Gasteiger partial charge is 0.497 e. The number of carbonyl (C=O) groups is 1. The molecular weight excluding hydrogens is 326 g/mol. The van der Waals surface area contributed by atoms with E-state index in [1.54, 1.807) is 20.3 Å². The number of ether oxygens (including phenoxy) is 2. The molecule has 26 heavy (non-hydrogen) atoms. The number of carbonyl (C=O) groups excluding carboxylic acids is 1. The molecule has 0 atom stereocenters. The van der Waals surface area contributed by atoms with Gasteiger partial charge in [-0.05, 0) is 58.3 Å². The van der Waals surface area contributed by atoms with Gasteiger partial charge in [-0.1, -0.05) is 30.3 Å². The van der Waals surface area contributed by atoms with Gasteiger partial charge < -0.3 is 14.8 Å². The zero-order valence-corrected chi connectivity index (χ0v) is 14.9. The number of amides is 1. The van der Waals surface area contributed by atoms with Gasteiger partial charge in [0.15, 0.2) is 0 Å². The van der Waals surface area contributed by atoms with Crippen molar-refractivity contribution in [1.29, 1.82) is 0 Å². The van der Waals surface area contributed by atoms with E-state index >= 15 is 0 Å². The minimum atomic E-state index is -0.136. The van der Waals surface area contributed by atoms with E-state index in [2.05, 4.69) is 5.32 Å². The van der Waals surface area contributed by atoms with Crippen molar-refractivity contribution in [2.45, 2.75) is 6.54 Å². The number of nitrogens with one attached hydrogen (secondary N) is 1. The van der Waals surface area contributed by atoms with Gasteiger partial charge in [0.2, 0.25) is 5.91 Å². The Morgan fingerprint density at radius 3 is 2.46 bits per heavy atom. The number of methoxy groups -OCH3 is 2. The first-order valence-electron chi connectivity index (χ1n) is 8.34. The van der Waals surface area contributed by atoms with Crippen molar-refractivity contribution in [3.05, 3.63) is 77.9 Å². The van der Waals surface area contributed by atoms with Gasteiger partial charge in [0.1, 0.15) is 11.5 Å². The summed E-state index contributed by atoms with van der Waals surface area (Å²) in [5.41, 5.74) is 1.96. The maximum Gasteiger partial charge on any atom is 0.244 e. The second kappa shape index (κ2) is 8.21. The highest BCUT2D eigenvalue weighted by molar-refractivity contribution is 5.93. The first-order chi connectivity index (χ1) is 12.7. The second-order valence-electron chi connectivity index (χ2n) is 5.88. The van der Waals surface area contributed by atoms with Crippen LogP contribution in [0.15, 0.2) is 66.7 Å². The van der Waals surface area contributed by atoms with E-state index in [0.717, 1.165) is 33.4 Å². The summed E-state index contributed by atoms with van der Waals surface area (Å²) < 4.78 is 10.4. The maximum absolute atomic E-state index is 12.0. The molecule has 0 saturated carbocycles. The molecule has 4 nitrogen and oxygen atoms in total. The van der Waals surface area contributed by atoms with Gasteiger partial charge in [-0.2, -0.15) is 0 Å². The van der Waals surface area contributed by atoms with Gasteiger partial charge in [0.05, 0.1) is 14.2 Å². The summed E-state index contributed by atoms with van der Waals surface area (Å²) in [7, 11) is 3.28. The molecule has 3 aromatic carbocycles. The molecule has 1 N–H and O–H groups in total. The number of benzene rings is 3. The summed E-state index contributed by atoms with van der Waals surface area (Å²) in [5, 5.41) is 5.08. The van der Waals surface area contributed by atoms with E-state index in [4.69, 9.17) is 9.47 Å². The van der Waals surface area contributed by atoms with Gasteiger partial charge in [-0.25, -0.2) is 0 Å². The summed E-state index contributed by atoms with van der Waals surface area (Å²) >= 11 is 0. The van der Waals surface area contributed by atoms with Crippen molar-refractivity contribution in [2.75, 3.05) is 14.2 Å². The van der Waals surface area contributed by atoms with Crippen LogP contribution < -0.4 is 14.8 Å². The van der Waals surface area contributed by atoms with E-state index < -0.39 is 0 Å². The summed E-state index contributed by atoms with van der Waals surface area (Å²) in [5.74, 6) is 1.47. The second-order valence-corrected chi connectivity index (χ2v) is 5.88. The molecule has 0 spiro atoms. The summed E-state index contributed by atoms with van der Waals surface area (Å²) in [6.45, 7) is 0.456. The molecule has 0 bridgehead atoms. The van der Waals surface area contributed by atoms with Gasteiger partial charge in [0.25, 0.3) is 0 Å². The van der Waals surface area contributed by atoms with Crippen molar-refractivity contribution in [3.63, 3.8) is 0 Å². The Hall–Kier alpha value is -3.27. The highest BCUT2D eigenvalue weighted by Gasteiger charge is 2.00. The predicted molar refractivity (Wildman–Crippen MR) is 104 cm³/mol. The van der Waals surface area contributed by atoms with Crippen molar-refractivity contribution in [3.8, 4) is 11.5 Å². The molecule has 4 heteroatoms. The maximum atomic E-state index is 12.0. The first-order valence-corrected chi connectivity index (χ1v) is 8.34. The van der Waals surface area contributed by atoms with Crippen LogP contribution in [-0.4, -0.2) is 20.1 Å². The zero-order chi connectivity index (χ0) is 18.4.